The Morgan fingerprint density at radius 3 is 2.72 bits per heavy atom. The molecule has 0 spiro atoms. The maximum absolute atomic E-state index is 12.4. The average Bonchev–Trinajstić information content (AvgIpc) is 3.08. The van der Waals surface area contributed by atoms with Crippen molar-refractivity contribution in [2.24, 2.45) is 0 Å². The lowest BCUT2D eigenvalue weighted by Gasteiger charge is -2.36. The highest BCUT2D eigenvalue weighted by Crippen LogP contribution is 2.30. The zero-order chi connectivity index (χ0) is 18.0. The fraction of sp³-hybridized carbons (Fsp3) is 0.647. The number of carbonyl (C=O) groups is 3. The lowest BCUT2D eigenvalue weighted by atomic mass is 9.89. The van der Waals surface area contributed by atoms with Crippen LogP contribution in [0.25, 0.3) is 0 Å². The summed E-state index contributed by atoms with van der Waals surface area (Å²) in [5.41, 5.74) is 1.78. The standard InChI is InChI=1S/C17H23N3O4S/c1-10-12(11(2)24-19-10)7-8-15(21)18-13-5-3-4-6-14(13)20-16(22)9-25-17(20)23/h13-14H,3-9H2,1-2H3,(H,18,21)/t13-,14+/m1/s1. The first-order valence-corrected chi connectivity index (χ1v) is 9.66. The van der Waals surface area contributed by atoms with E-state index in [2.05, 4.69) is 10.5 Å². The molecule has 136 valence electrons. The van der Waals surface area contributed by atoms with E-state index in [9.17, 15) is 14.4 Å². The van der Waals surface area contributed by atoms with Crippen molar-refractivity contribution < 1.29 is 18.9 Å². The van der Waals surface area contributed by atoms with Gasteiger partial charge >= 0.3 is 0 Å². The molecule has 0 bridgehead atoms. The van der Waals surface area contributed by atoms with E-state index in [1.54, 1.807) is 0 Å². The van der Waals surface area contributed by atoms with E-state index in [-0.39, 0.29) is 34.9 Å². The van der Waals surface area contributed by atoms with Gasteiger partial charge in [0.1, 0.15) is 5.76 Å². The fourth-order valence-corrected chi connectivity index (χ4v) is 4.41. The number of hydrogen-bond donors (Lipinski definition) is 1. The van der Waals surface area contributed by atoms with E-state index in [4.69, 9.17) is 4.52 Å². The van der Waals surface area contributed by atoms with Gasteiger partial charge in [0, 0.05) is 18.0 Å². The first-order chi connectivity index (χ1) is 12.0. The quantitative estimate of drug-likeness (QED) is 0.861. The first-order valence-electron chi connectivity index (χ1n) is 8.67. The smallest absolute Gasteiger partial charge is 0.289 e. The summed E-state index contributed by atoms with van der Waals surface area (Å²) in [6, 6.07) is -0.371. The van der Waals surface area contributed by atoms with Gasteiger partial charge in [0.25, 0.3) is 5.24 Å². The molecular formula is C17H23N3O4S. The fourth-order valence-electron chi connectivity index (χ4n) is 3.65. The molecule has 0 radical (unpaired) electrons. The van der Waals surface area contributed by atoms with E-state index < -0.39 is 0 Å². The number of hydrogen-bond acceptors (Lipinski definition) is 6. The second-order valence-corrected chi connectivity index (χ2v) is 7.57. The highest BCUT2D eigenvalue weighted by molar-refractivity contribution is 8.14. The Morgan fingerprint density at radius 2 is 2.08 bits per heavy atom. The number of aromatic nitrogens is 1. The van der Waals surface area contributed by atoms with Gasteiger partial charge in [-0.3, -0.25) is 19.3 Å². The van der Waals surface area contributed by atoms with Crippen LogP contribution in [0.3, 0.4) is 0 Å². The monoisotopic (exact) mass is 365 g/mol. The molecule has 1 N–H and O–H groups in total. The van der Waals surface area contributed by atoms with Crippen molar-refractivity contribution in [3.8, 4) is 0 Å². The van der Waals surface area contributed by atoms with Gasteiger partial charge in [-0.15, -0.1) is 0 Å². The summed E-state index contributed by atoms with van der Waals surface area (Å²) in [7, 11) is 0. The summed E-state index contributed by atoms with van der Waals surface area (Å²) >= 11 is 1.05. The first kappa shape index (κ1) is 18.0. The molecule has 1 saturated heterocycles. The summed E-state index contributed by atoms with van der Waals surface area (Å²) in [5, 5.41) is 6.76. The second-order valence-electron chi connectivity index (χ2n) is 6.65. The number of rotatable bonds is 5. The summed E-state index contributed by atoms with van der Waals surface area (Å²) in [6.45, 7) is 3.70. The number of nitrogens with one attached hydrogen (secondary N) is 1. The van der Waals surface area contributed by atoms with Crippen molar-refractivity contribution in [3.05, 3.63) is 17.0 Å². The maximum Gasteiger partial charge on any atom is 0.289 e. The summed E-state index contributed by atoms with van der Waals surface area (Å²) in [5.74, 6) is 0.744. The van der Waals surface area contributed by atoms with Crippen molar-refractivity contribution >= 4 is 28.8 Å². The van der Waals surface area contributed by atoms with E-state index in [1.165, 1.54) is 4.90 Å². The van der Waals surface area contributed by atoms with E-state index in [0.29, 0.717) is 12.8 Å². The summed E-state index contributed by atoms with van der Waals surface area (Å²) in [6.07, 6.45) is 4.42. The van der Waals surface area contributed by atoms with Gasteiger partial charge in [-0.05, 0) is 33.1 Å². The molecule has 7 nitrogen and oxygen atoms in total. The number of amides is 3. The van der Waals surface area contributed by atoms with Crippen molar-refractivity contribution in [2.75, 3.05) is 5.75 Å². The Morgan fingerprint density at radius 1 is 1.32 bits per heavy atom. The molecular weight excluding hydrogens is 342 g/mol. The van der Waals surface area contributed by atoms with E-state index in [1.807, 2.05) is 13.8 Å². The van der Waals surface area contributed by atoms with Crippen LogP contribution >= 0.6 is 11.8 Å². The molecule has 2 heterocycles. The molecule has 3 amide bonds. The maximum atomic E-state index is 12.4. The van der Waals surface area contributed by atoms with Gasteiger partial charge in [0.05, 0.1) is 17.5 Å². The Hall–Kier alpha value is -1.83. The van der Waals surface area contributed by atoms with Crippen LogP contribution in [0.4, 0.5) is 4.79 Å². The number of nitrogens with zero attached hydrogens (tertiary/aromatic N) is 2. The number of carbonyl (C=O) groups excluding carboxylic acids is 3. The van der Waals surface area contributed by atoms with Crippen LogP contribution in [0.15, 0.2) is 4.52 Å². The third-order valence-corrected chi connectivity index (χ3v) is 5.81. The minimum Gasteiger partial charge on any atom is -0.361 e. The number of aryl methyl sites for hydroxylation is 2. The van der Waals surface area contributed by atoms with Crippen LogP contribution in [0.2, 0.25) is 0 Å². The minimum absolute atomic E-state index is 0.0661. The lowest BCUT2D eigenvalue weighted by molar-refractivity contribution is -0.129. The zero-order valence-corrected chi connectivity index (χ0v) is 15.4. The molecule has 25 heavy (non-hydrogen) atoms. The van der Waals surface area contributed by atoms with Gasteiger partial charge in [0.2, 0.25) is 11.8 Å². The van der Waals surface area contributed by atoms with E-state index in [0.717, 1.165) is 54.5 Å². The van der Waals surface area contributed by atoms with Crippen molar-refractivity contribution in [3.63, 3.8) is 0 Å². The topological polar surface area (TPSA) is 92.5 Å². The summed E-state index contributed by atoms with van der Waals surface area (Å²) < 4.78 is 5.12. The lowest BCUT2D eigenvalue weighted by Crippen LogP contribution is -2.54. The molecule has 1 aromatic rings. The zero-order valence-electron chi connectivity index (χ0n) is 14.5. The Kier molecular flexibility index (Phi) is 5.46. The number of imide groups is 1. The molecule has 2 aliphatic rings. The van der Waals surface area contributed by atoms with Crippen LogP contribution in [-0.4, -0.2) is 44.9 Å². The molecule has 8 heteroatoms. The molecule has 1 saturated carbocycles. The van der Waals surface area contributed by atoms with Gasteiger partial charge in [-0.1, -0.05) is 29.8 Å². The van der Waals surface area contributed by atoms with Gasteiger partial charge in [0.15, 0.2) is 0 Å². The molecule has 1 aliphatic carbocycles. The third kappa shape index (κ3) is 3.89. The van der Waals surface area contributed by atoms with Crippen LogP contribution in [0, 0.1) is 13.8 Å². The predicted molar refractivity (Wildman–Crippen MR) is 93.2 cm³/mol. The molecule has 1 aromatic heterocycles. The van der Waals surface area contributed by atoms with Gasteiger partial charge in [-0.25, -0.2) is 0 Å². The molecule has 0 aromatic carbocycles. The summed E-state index contributed by atoms with van der Waals surface area (Å²) in [4.78, 5) is 37.8. The molecule has 2 atom stereocenters. The third-order valence-electron chi connectivity index (χ3n) is 4.98. The van der Waals surface area contributed by atoms with Crippen molar-refractivity contribution in [1.82, 2.24) is 15.4 Å². The average molecular weight is 365 g/mol. The largest absolute Gasteiger partial charge is 0.361 e. The van der Waals surface area contributed by atoms with Crippen LogP contribution in [0.1, 0.15) is 49.1 Å². The number of thioether (sulfide) groups is 1. The normalized spacial score (nSPS) is 24.0. The Bertz CT molecular complexity index is 652. The van der Waals surface area contributed by atoms with Crippen LogP contribution < -0.4 is 5.32 Å². The highest BCUT2D eigenvalue weighted by atomic mass is 32.2. The highest BCUT2D eigenvalue weighted by Gasteiger charge is 2.41. The Labute approximate surface area is 150 Å². The molecule has 2 fully saturated rings. The molecule has 1 aliphatic heterocycles. The van der Waals surface area contributed by atoms with E-state index >= 15 is 0 Å². The van der Waals surface area contributed by atoms with Crippen molar-refractivity contribution in [2.45, 2.75) is 64.5 Å². The van der Waals surface area contributed by atoms with Gasteiger partial charge < -0.3 is 9.84 Å². The van der Waals surface area contributed by atoms with Crippen LogP contribution in [0.5, 0.6) is 0 Å². The molecule has 0 unspecified atom stereocenters. The molecule has 3 rings (SSSR count). The van der Waals surface area contributed by atoms with Gasteiger partial charge in [-0.2, -0.15) is 0 Å². The van der Waals surface area contributed by atoms with Crippen LogP contribution in [-0.2, 0) is 16.0 Å². The minimum atomic E-state index is -0.216. The second kappa shape index (κ2) is 7.59. The predicted octanol–water partition coefficient (Wildman–Crippen LogP) is 2.35. The van der Waals surface area contributed by atoms with Crippen molar-refractivity contribution in [1.29, 1.82) is 0 Å². The Balaban J connectivity index is 1.60. The SMILES string of the molecule is Cc1noc(C)c1CCC(=O)N[C@@H]1CCCC[C@@H]1N1C(=O)CSC1=O.